The van der Waals surface area contributed by atoms with Gasteiger partial charge in [-0.3, -0.25) is 0 Å². The van der Waals surface area contributed by atoms with E-state index in [9.17, 15) is 0 Å². The Morgan fingerprint density at radius 2 is 1.26 bits per heavy atom. The minimum absolute atomic E-state index is 0.112. The van der Waals surface area contributed by atoms with E-state index in [0.29, 0.717) is 5.92 Å². The van der Waals surface area contributed by atoms with E-state index in [-0.39, 0.29) is 5.41 Å². The van der Waals surface area contributed by atoms with E-state index >= 15 is 0 Å². The molecule has 3 rings (SSSR count). The van der Waals surface area contributed by atoms with Crippen molar-refractivity contribution in [3.05, 3.63) is 47.5 Å². The fourth-order valence-electron chi connectivity index (χ4n) is 2.81. The number of benzene rings is 2. The molecule has 2 heteroatoms. The van der Waals surface area contributed by atoms with Crippen molar-refractivity contribution in [3.63, 3.8) is 0 Å². The lowest BCUT2D eigenvalue weighted by atomic mass is 9.80. The Morgan fingerprint density at radius 3 is 1.70 bits per heavy atom. The van der Waals surface area contributed by atoms with Crippen LogP contribution in [-0.4, -0.2) is 9.97 Å². The van der Waals surface area contributed by atoms with Crippen molar-refractivity contribution in [1.82, 2.24) is 9.97 Å². The second-order valence-electron chi connectivity index (χ2n) is 7.05. The Balaban J connectivity index is 0.000000924. The molecule has 1 aromatic heterocycles. The molecule has 0 spiro atoms. The van der Waals surface area contributed by atoms with Crippen molar-refractivity contribution < 1.29 is 0 Å². The van der Waals surface area contributed by atoms with Gasteiger partial charge < -0.3 is 0 Å². The summed E-state index contributed by atoms with van der Waals surface area (Å²) in [6.45, 7) is 15.3. The zero-order valence-electron chi connectivity index (χ0n) is 15.4. The standard InChI is InChI=1S/C19H22N2.C2H6/c1-12(2)13-10-17-18(11-14(13)19(3,4)5)21-16-9-7-6-8-15(16)20-17;1-2/h6-12H,1-5H3;1-2H3. The van der Waals surface area contributed by atoms with Gasteiger partial charge in [0.25, 0.3) is 0 Å². The lowest BCUT2D eigenvalue weighted by Gasteiger charge is -2.25. The lowest BCUT2D eigenvalue weighted by molar-refractivity contribution is 0.578. The molecule has 3 aromatic rings. The number of hydrogen-bond acceptors (Lipinski definition) is 2. The first-order valence-corrected chi connectivity index (χ1v) is 8.57. The number of aromatic nitrogens is 2. The molecule has 23 heavy (non-hydrogen) atoms. The maximum atomic E-state index is 4.79. The van der Waals surface area contributed by atoms with Crippen molar-refractivity contribution in [2.45, 2.75) is 59.8 Å². The van der Waals surface area contributed by atoms with Crippen molar-refractivity contribution in [3.8, 4) is 0 Å². The molecule has 0 bridgehead atoms. The van der Waals surface area contributed by atoms with Gasteiger partial charge in [0.05, 0.1) is 22.1 Å². The van der Waals surface area contributed by atoms with Gasteiger partial charge in [-0.15, -0.1) is 0 Å². The molecule has 0 radical (unpaired) electrons. The fourth-order valence-corrected chi connectivity index (χ4v) is 2.81. The average Bonchev–Trinajstić information content (AvgIpc) is 2.52. The third-order valence-corrected chi connectivity index (χ3v) is 3.94. The molecule has 1 heterocycles. The van der Waals surface area contributed by atoms with Gasteiger partial charge in [0.1, 0.15) is 0 Å². The van der Waals surface area contributed by atoms with E-state index in [1.165, 1.54) is 11.1 Å². The molecular formula is C21H28N2. The van der Waals surface area contributed by atoms with Crippen molar-refractivity contribution in [2.75, 3.05) is 0 Å². The van der Waals surface area contributed by atoms with Crippen molar-refractivity contribution in [1.29, 1.82) is 0 Å². The molecule has 0 unspecified atom stereocenters. The van der Waals surface area contributed by atoms with E-state index < -0.39 is 0 Å². The van der Waals surface area contributed by atoms with Crippen LogP contribution in [0.1, 0.15) is 65.5 Å². The zero-order chi connectivity index (χ0) is 17.2. The molecule has 0 aliphatic carbocycles. The number of nitrogens with zero attached hydrogens (tertiary/aromatic N) is 2. The summed E-state index contributed by atoms with van der Waals surface area (Å²) >= 11 is 0. The SMILES string of the molecule is CC.CC(C)c1cc2nc3ccccc3nc2cc1C(C)(C)C. The number of fused-ring (bicyclic) bond motifs is 2. The van der Waals surface area contributed by atoms with E-state index in [1.54, 1.807) is 0 Å². The van der Waals surface area contributed by atoms with Crippen LogP contribution in [0.2, 0.25) is 0 Å². The van der Waals surface area contributed by atoms with Crippen LogP contribution in [0.4, 0.5) is 0 Å². The molecule has 0 aliphatic heterocycles. The highest BCUT2D eigenvalue weighted by molar-refractivity contribution is 5.87. The summed E-state index contributed by atoms with van der Waals surface area (Å²) in [4.78, 5) is 9.57. The maximum Gasteiger partial charge on any atom is 0.0897 e. The Morgan fingerprint density at radius 1 is 0.783 bits per heavy atom. The normalized spacial score (nSPS) is 11.7. The molecule has 0 amide bonds. The quantitative estimate of drug-likeness (QED) is 0.498. The highest BCUT2D eigenvalue weighted by Crippen LogP contribution is 2.33. The summed E-state index contributed by atoms with van der Waals surface area (Å²) in [6, 6.07) is 12.5. The van der Waals surface area contributed by atoms with E-state index in [2.05, 4.69) is 46.8 Å². The molecule has 2 aromatic carbocycles. The molecule has 0 aliphatic rings. The highest BCUT2D eigenvalue weighted by atomic mass is 14.8. The van der Waals surface area contributed by atoms with Gasteiger partial charge in [0, 0.05) is 0 Å². The van der Waals surface area contributed by atoms with Crippen LogP contribution >= 0.6 is 0 Å². The molecule has 0 atom stereocenters. The van der Waals surface area contributed by atoms with E-state index in [1.807, 2.05) is 38.1 Å². The van der Waals surface area contributed by atoms with Crippen LogP contribution in [0.5, 0.6) is 0 Å². The van der Waals surface area contributed by atoms with Gasteiger partial charge in [-0.25, -0.2) is 9.97 Å². The van der Waals surface area contributed by atoms with Gasteiger partial charge in [-0.2, -0.15) is 0 Å². The molecule has 0 saturated heterocycles. The number of hydrogen-bond donors (Lipinski definition) is 0. The first kappa shape index (κ1) is 17.4. The lowest BCUT2D eigenvalue weighted by Crippen LogP contribution is -2.15. The minimum Gasteiger partial charge on any atom is -0.244 e. The summed E-state index contributed by atoms with van der Waals surface area (Å²) in [5.41, 5.74) is 6.76. The van der Waals surface area contributed by atoms with Crippen LogP contribution in [0.3, 0.4) is 0 Å². The number of rotatable bonds is 1. The van der Waals surface area contributed by atoms with Crippen LogP contribution in [0, 0.1) is 0 Å². The van der Waals surface area contributed by atoms with Crippen LogP contribution < -0.4 is 0 Å². The van der Waals surface area contributed by atoms with Gasteiger partial charge in [-0.1, -0.05) is 60.6 Å². The summed E-state index contributed by atoms with van der Waals surface area (Å²) in [5, 5.41) is 0. The fraction of sp³-hybridized carbons (Fsp3) is 0.429. The van der Waals surface area contributed by atoms with E-state index in [0.717, 1.165) is 22.1 Å². The average molecular weight is 308 g/mol. The van der Waals surface area contributed by atoms with Gasteiger partial charge in [0.2, 0.25) is 0 Å². The van der Waals surface area contributed by atoms with Gasteiger partial charge in [0.15, 0.2) is 0 Å². The van der Waals surface area contributed by atoms with Crippen molar-refractivity contribution >= 4 is 22.1 Å². The second-order valence-corrected chi connectivity index (χ2v) is 7.05. The zero-order valence-corrected chi connectivity index (χ0v) is 15.4. The molecule has 2 nitrogen and oxygen atoms in total. The predicted molar refractivity (Wildman–Crippen MR) is 101 cm³/mol. The summed E-state index contributed by atoms with van der Waals surface area (Å²) in [7, 11) is 0. The Kier molecular flexibility index (Phi) is 5.03. The Hall–Kier alpha value is -1.96. The van der Waals surface area contributed by atoms with Gasteiger partial charge >= 0.3 is 0 Å². The molecule has 0 N–H and O–H groups in total. The molecule has 0 fully saturated rings. The topological polar surface area (TPSA) is 25.8 Å². The third kappa shape index (κ3) is 3.52. The monoisotopic (exact) mass is 308 g/mol. The van der Waals surface area contributed by atoms with Gasteiger partial charge in [-0.05, 0) is 46.7 Å². The molecule has 122 valence electrons. The van der Waals surface area contributed by atoms with Crippen LogP contribution in [-0.2, 0) is 5.41 Å². The Labute approximate surface area is 140 Å². The molecule has 0 saturated carbocycles. The predicted octanol–water partition coefficient (Wildman–Crippen LogP) is 6.23. The van der Waals surface area contributed by atoms with Crippen LogP contribution in [0.25, 0.3) is 22.1 Å². The summed E-state index contributed by atoms with van der Waals surface area (Å²) in [6.07, 6.45) is 0. The highest BCUT2D eigenvalue weighted by Gasteiger charge is 2.21. The first-order valence-electron chi connectivity index (χ1n) is 8.57. The van der Waals surface area contributed by atoms with E-state index in [4.69, 9.17) is 9.97 Å². The van der Waals surface area contributed by atoms with Crippen molar-refractivity contribution in [2.24, 2.45) is 0 Å². The second kappa shape index (κ2) is 6.66. The largest absolute Gasteiger partial charge is 0.244 e. The Bertz CT molecular complexity index is 811. The first-order chi connectivity index (χ1) is 10.9. The van der Waals surface area contributed by atoms with Crippen LogP contribution in [0.15, 0.2) is 36.4 Å². The smallest absolute Gasteiger partial charge is 0.0897 e. The summed E-state index contributed by atoms with van der Waals surface area (Å²) in [5.74, 6) is 0.483. The summed E-state index contributed by atoms with van der Waals surface area (Å²) < 4.78 is 0. The minimum atomic E-state index is 0.112. The maximum absolute atomic E-state index is 4.79. The number of para-hydroxylation sites is 2. The third-order valence-electron chi connectivity index (χ3n) is 3.94. The molecular weight excluding hydrogens is 280 g/mol.